The fourth-order valence-corrected chi connectivity index (χ4v) is 5.10. The molecule has 0 saturated carbocycles. The molecule has 138 valence electrons. The molecule has 0 aliphatic heterocycles. The maximum absolute atomic E-state index is 12.8. The first-order chi connectivity index (χ1) is 11.6. The number of carbonyl (C=O) groups excluding carboxylic acids is 1. The van der Waals surface area contributed by atoms with Gasteiger partial charge < -0.3 is 19.6 Å². The van der Waals surface area contributed by atoms with E-state index >= 15 is 0 Å². The van der Waals surface area contributed by atoms with Crippen LogP contribution >= 0.6 is 15.2 Å². The SMILES string of the molecule is O=C(c1ccccc1)C(CC(P(=O)(O)O)P(=O)(O)O)c1ccccc1.[NaH].[NaH]. The van der Waals surface area contributed by atoms with Gasteiger partial charge in [0.2, 0.25) is 0 Å². The molecule has 1 unspecified atom stereocenters. The zero-order valence-electron chi connectivity index (χ0n) is 13.0. The monoisotopic (exact) mass is 432 g/mol. The summed E-state index contributed by atoms with van der Waals surface area (Å²) >= 11 is 0. The van der Waals surface area contributed by atoms with Crippen LogP contribution in [0, 0.1) is 0 Å². The molecule has 0 amide bonds. The Morgan fingerprint density at radius 2 is 1.19 bits per heavy atom. The number of rotatable bonds is 7. The van der Waals surface area contributed by atoms with Gasteiger partial charge in [-0.1, -0.05) is 60.7 Å². The van der Waals surface area contributed by atoms with Crippen molar-refractivity contribution in [2.45, 2.75) is 17.7 Å². The second-order valence-corrected chi connectivity index (χ2v) is 9.60. The van der Waals surface area contributed by atoms with Crippen LogP contribution in [0.4, 0.5) is 0 Å². The average Bonchev–Trinajstić information content (AvgIpc) is 2.54. The molecule has 27 heavy (non-hydrogen) atoms. The molecule has 2 rings (SSSR count). The van der Waals surface area contributed by atoms with Gasteiger partial charge in [0.05, 0.1) is 0 Å². The number of ketones is 1. The number of hydrogen-bond acceptors (Lipinski definition) is 3. The van der Waals surface area contributed by atoms with Gasteiger partial charge in [-0.25, -0.2) is 0 Å². The van der Waals surface area contributed by atoms with Crippen LogP contribution in [-0.2, 0) is 9.13 Å². The third-order valence-corrected chi connectivity index (χ3v) is 7.58. The Bertz CT molecular complexity index is 799. The van der Waals surface area contributed by atoms with Crippen LogP contribution in [0.5, 0.6) is 0 Å². The van der Waals surface area contributed by atoms with E-state index in [-0.39, 0.29) is 59.1 Å². The predicted molar refractivity (Wildman–Crippen MR) is 107 cm³/mol. The van der Waals surface area contributed by atoms with Crippen LogP contribution in [0.3, 0.4) is 0 Å². The molecule has 0 aliphatic rings. The van der Waals surface area contributed by atoms with E-state index in [9.17, 15) is 33.5 Å². The quantitative estimate of drug-likeness (QED) is 0.296. The number of benzene rings is 2. The van der Waals surface area contributed by atoms with Crippen molar-refractivity contribution in [1.29, 1.82) is 0 Å². The van der Waals surface area contributed by atoms with Gasteiger partial charge in [0, 0.05) is 11.5 Å². The second-order valence-electron chi connectivity index (χ2n) is 5.59. The minimum absolute atomic E-state index is 0. The molecule has 0 bridgehead atoms. The summed E-state index contributed by atoms with van der Waals surface area (Å²) in [5.74, 6) is -1.55. The minimum atomic E-state index is -5.12. The molecule has 2 aromatic carbocycles. The van der Waals surface area contributed by atoms with Crippen molar-refractivity contribution >= 4 is 80.1 Å². The molecule has 7 nitrogen and oxygen atoms in total. The first kappa shape index (κ1) is 27.4. The number of hydrogen-bond donors (Lipinski definition) is 4. The molecule has 2 aromatic rings. The summed E-state index contributed by atoms with van der Waals surface area (Å²) in [4.78, 5) is 50.3. The third-order valence-electron chi connectivity index (χ3n) is 3.80. The number of Topliss-reactive ketones (excluding diaryl/α,β-unsaturated/α-hetero) is 1. The van der Waals surface area contributed by atoms with Crippen LogP contribution in [0.15, 0.2) is 60.7 Å². The van der Waals surface area contributed by atoms with Crippen LogP contribution in [-0.4, -0.2) is 89.9 Å². The van der Waals surface area contributed by atoms with Gasteiger partial charge in [-0.05, 0) is 12.0 Å². The van der Waals surface area contributed by atoms with Gasteiger partial charge >= 0.3 is 74.3 Å². The fourth-order valence-electron chi connectivity index (χ4n) is 2.56. The molecular weight excluding hydrogens is 412 g/mol. The van der Waals surface area contributed by atoms with E-state index < -0.39 is 38.7 Å². The van der Waals surface area contributed by atoms with Crippen LogP contribution in [0.25, 0.3) is 0 Å². The number of carbonyl (C=O) groups is 1. The van der Waals surface area contributed by atoms with Gasteiger partial charge in [-0.3, -0.25) is 13.9 Å². The fraction of sp³-hybridized carbons (Fsp3) is 0.188. The van der Waals surface area contributed by atoms with E-state index in [0.717, 1.165) is 0 Å². The van der Waals surface area contributed by atoms with Crippen molar-refractivity contribution in [2.75, 3.05) is 0 Å². The maximum atomic E-state index is 12.8. The van der Waals surface area contributed by atoms with Crippen LogP contribution in [0.2, 0.25) is 0 Å². The molecule has 4 N–H and O–H groups in total. The predicted octanol–water partition coefficient (Wildman–Crippen LogP) is 1.43. The Balaban J connectivity index is 0.00000338. The molecular formula is C16H20Na2O7P2. The van der Waals surface area contributed by atoms with Gasteiger partial charge in [0.25, 0.3) is 0 Å². The Morgan fingerprint density at radius 1 is 0.778 bits per heavy atom. The van der Waals surface area contributed by atoms with E-state index in [0.29, 0.717) is 11.1 Å². The summed E-state index contributed by atoms with van der Waals surface area (Å²) in [7, 11) is -10.2. The van der Waals surface area contributed by atoms with Gasteiger partial charge in [-0.15, -0.1) is 0 Å². The zero-order valence-corrected chi connectivity index (χ0v) is 14.8. The van der Waals surface area contributed by atoms with Crippen molar-refractivity contribution in [2.24, 2.45) is 0 Å². The van der Waals surface area contributed by atoms with Crippen molar-refractivity contribution in [1.82, 2.24) is 0 Å². The van der Waals surface area contributed by atoms with Crippen molar-refractivity contribution in [3.05, 3.63) is 71.8 Å². The third kappa shape index (κ3) is 7.98. The molecule has 0 saturated heterocycles. The molecule has 0 spiro atoms. The summed E-state index contributed by atoms with van der Waals surface area (Å²) in [5.41, 5.74) is 0.731. The second kappa shape index (κ2) is 11.6. The molecule has 0 fully saturated rings. The molecule has 11 heteroatoms. The standard InChI is InChI=1S/C16H18O7P2.2Na.2H/c17-16(13-9-5-2-6-10-13)14(12-7-3-1-4-8-12)11-15(24(18,19)20)25(21,22)23;;;;/h1-10,14-15H,11H2,(H2,18,19,20)(H2,21,22,23);;;;. The molecule has 0 aromatic heterocycles. The first-order valence-electron chi connectivity index (χ1n) is 7.35. The van der Waals surface area contributed by atoms with Gasteiger partial charge in [-0.2, -0.15) is 0 Å². The summed E-state index contributed by atoms with van der Waals surface area (Å²) in [5, 5.41) is -2.24. The van der Waals surface area contributed by atoms with E-state index in [2.05, 4.69) is 0 Å². The Kier molecular flexibility index (Phi) is 11.7. The zero-order chi connectivity index (χ0) is 18.7. The van der Waals surface area contributed by atoms with E-state index in [1.54, 1.807) is 60.7 Å². The van der Waals surface area contributed by atoms with E-state index in [1.807, 2.05) is 0 Å². The van der Waals surface area contributed by atoms with Crippen LogP contribution < -0.4 is 0 Å². The summed E-state index contributed by atoms with van der Waals surface area (Å²) < 4.78 is 23.2. The van der Waals surface area contributed by atoms with Crippen molar-refractivity contribution in [3.63, 3.8) is 0 Å². The molecule has 0 radical (unpaired) electrons. The Hall–Kier alpha value is 0.410. The summed E-state index contributed by atoms with van der Waals surface area (Å²) in [6.45, 7) is 0. The first-order valence-corrected chi connectivity index (χ1v) is 10.7. The van der Waals surface area contributed by atoms with E-state index in [1.165, 1.54) is 0 Å². The summed E-state index contributed by atoms with van der Waals surface area (Å²) in [6.07, 6.45) is -0.660. The average molecular weight is 432 g/mol. The van der Waals surface area contributed by atoms with Crippen molar-refractivity contribution in [3.8, 4) is 0 Å². The van der Waals surface area contributed by atoms with Crippen LogP contribution in [0.1, 0.15) is 28.3 Å². The van der Waals surface area contributed by atoms with E-state index in [4.69, 9.17) is 0 Å². The molecule has 0 aliphatic carbocycles. The Morgan fingerprint density at radius 3 is 1.59 bits per heavy atom. The normalized spacial score (nSPS) is 12.6. The van der Waals surface area contributed by atoms with Gasteiger partial charge in [0.15, 0.2) is 11.2 Å². The molecule has 1 atom stereocenters. The summed E-state index contributed by atoms with van der Waals surface area (Å²) in [6, 6.07) is 16.2. The van der Waals surface area contributed by atoms with Crippen molar-refractivity contribution < 1.29 is 33.5 Å². The Labute approximate surface area is 201 Å². The molecule has 0 heterocycles. The van der Waals surface area contributed by atoms with Gasteiger partial charge in [0.1, 0.15) is 0 Å². The topological polar surface area (TPSA) is 132 Å².